The van der Waals surface area contributed by atoms with Gasteiger partial charge in [-0.3, -0.25) is 9.59 Å². The molecule has 0 radical (unpaired) electrons. The molecule has 1 atom stereocenters. The molecule has 7 heteroatoms. The monoisotopic (exact) mass is 359 g/mol. The summed E-state index contributed by atoms with van der Waals surface area (Å²) in [4.78, 5) is 26.8. The first-order chi connectivity index (χ1) is 12.5. The van der Waals surface area contributed by atoms with Gasteiger partial charge in [-0.2, -0.15) is 5.10 Å². The molecule has 2 rings (SSSR count). The number of carbonyl (C=O) groups excluding carboxylic acids is 1. The quantitative estimate of drug-likeness (QED) is 0.759. The largest absolute Gasteiger partial charge is 0.497 e. The molecule has 0 aliphatic heterocycles. The fraction of sp³-hybridized carbons (Fsp3) is 0.421. The number of hydrogen-bond donors (Lipinski definition) is 0. The van der Waals surface area contributed by atoms with Gasteiger partial charge in [0, 0.05) is 24.7 Å². The van der Waals surface area contributed by atoms with Gasteiger partial charge >= 0.3 is 0 Å². The van der Waals surface area contributed by atoms with Crippen molar-refractivity contribution in [1.29, 1.82) is 0 Å². The van der Waals surface area contributed by atoms with Gasteiger partial charge < -0.3 is 14.4 Å². The molecule has 0 unspecified atom stereocenters. The standard InChI is InChI=1S/C19H25N3O4/c1-6-21(7-2)19(24)13(3)22-17(23)12-16(26-5)18(20-22)14-8-10-15(25-4)11-9-14/h8-13H,6-7H2,1-5H3/t13-/m0/s1. The molecular weight excluding hydrogens is 334 g/mol. The van der Waals surface area contributed by atoms with Crippen molar-refractivity contribution in [2.75, 3.05) is 27.3 Å². The van der Waals surface area contributed by atoms with Crippen molar-refractivity contribution in [1.82, 2.24) is 14.7 Å². The zero-order valence-electron chi connectivity index (χ0n) is 15.9. The van der Waals surface area contributed by atoms with Crippen LogP contribution in [0.25, 0.3) is 11.3 Å². The van der Waals surface area contributed by atoms with Crippen molar-refractivity contribution in [3.05, 3.63) is 40.7 Å². The summed E-state index contributed by atoms with van der Waals surface area (Å²) in [5, 5.41) is 4.43. The highest BCUT2D eigenvalue weighted by Gasteiger charge is 2.23. The van der Waals surface area contributed by atoms with Gasteiger partial charge in [0.2, 0.25) is 5.91 Å². The number of nitrogens with zero attached hydrogens (tertiary/aromatic N) is 3. The number of hydrogen-bond acceptors (Lipinski definition) is 5. The molecular formula is C19H25N3O4. The van der Waals surface area contributed by atoms with Crippen molar-refractivity contribution >= 4 is 5.91 Å². The van der Waals surface area contributed by atoms with Gasteiger partial charge in [0.15, 0.2) is 5.75 Å². The second-order valence-corrected chi connectivity index (χ2v) is 5.76. The smallest absolute Gasteiger partial charge is 0.271 e. The predicted molar refractivity (Wildman–Crippen MR) is 99.7 cm³/mol. The number of aromatic nitrogens is 2. The van der Waals surface area contributed by atoms with E-state index in [2.05, 4.69) is 5.10 Å². The Morgan fingerprint density at radius 3 is 2.27 bits per heavy atom. The molecule has 0 aliphatic rings. The maximum Gasteiger partial charge on any atom is 0.271 e. The first kappa shape index (κ1) is 19.5. The van der Waals surface area contributed by atoms with Crippen molar-refractivity contribution < 1.29 is 14.3 Å². The molecule has 0 saturated heterocycles. The molecule has 1 aromatic heterocycles. The lowest BCUT2D eigenvalue weighted by Gasteiger charge is -2.24. The molecule has 1 aromatic carbocycles. The van der Waals surface area contributed by atoms with Gasteiger partial charge in [-0.15, -0.1) is 0 Å². The molecule has 1 heterocycles. The molecule has 140 valence electrons. The van der Waals surface area contributed by atoms with E-state index in [9.17, 15) is 9.59 Å². The number of amides is 1. The number of methoxy groups -OCH3 is 2. The van der Waals surface area contributed by atoms with E-state index in [1.165, 1.54) is 17.9 Å². The van der Waals surface area contributed by atoms with Crippen molar-refractivity contribution in [2.45, 2.75) is 26.8 Å². The Kier molecular flexibility index (Phi) is 6.38. The summed E-state index contributed by atoms with van der Waals surface area (Å²) in [6.45, 7) is 6.65. The van der Waals surface area contributed by atoms with E-state index in [1.807, 2.05) is 26.0 Å². The number of carbonyl (C=O) groups is 1. The molecule has 0 saturated carbocycles. The maximum atomic E-state index is 12.6. The normalized spacial score (nSPS) is 11.7. The Morgan fingerprint density at radius 2 is 1.77 bits per heavy atom. The Morgan fingerprint density at radius 1 is 1.15 bits per heavy atom. The highest BCUT2D eigenvalue weighted by atomic mass is 16.5. The van der Waals surface area contributed by atoms with E-state index in [4.69, 9.17) is 9.47 Å². The molecule has 0 bridgehead atoms. The number of likely N-dealkylation sites (N-methyl/N-ethyl adjacent to an activating group) is 1. The Balaban J connectivity index is 2.51. The summed E-state index contributed by atoms with van der Waals surface area (Å²) in [6.07, 6.45) is 0. The van der Waals surface area contributed by atoms with Crippen LogP contribution >= 0.6 is 0 Å². The van der Waals surface area contributed by atoms with Crippen LogP contribution in [0.1, 0.15) is 26.8 Å². The lowest BCUT2D eigenvalue weighted by atomic mass is 10.1. The summed E-state index contributed by atoms with van der Waals surface area (Å²) in [6, 6.07) is 7.92. The molecule has 0 N–H and O–H groups in total. The van der Waals surface area contributed by atoms with Crippen LogP contribution < -0.4 is 15.0 Å². The molecule has 0 spiro atoms. The minimum Gasteiger partial charge on any atom is -0.497 e. The Labute approximate surface area is 153 Å². The van der Waals surface area contributed by atoms with E-state index in [-0.39, 0.29) is 11.5 Å². The van der Waals surface area contributed by atoms with E-state index in [0.717, 1.165) is 5.56 Å². The fourth-order valence-electron chi connectivity index (χ4n) is 2.74. The van der Waals surface area contributed by atoms with Gasteiger partial charge in [-0.05, 0) is 45.0 Å². The van der Waals surface area contributed by atoms with Gasteiger partial charge in [0.1, 0.15) is 17.5 Å². The van der Waals surface area contributed by atoms with Crippen LogP contribution in [0.3, 0.4) is 0 Å². The summed E-state index contributed by atoms with van der Waals surface area (Å²) < 4.78 is 11.7. The average Bonchev–Trinajstić information content (AvgIpc) is 2.68. The lowest BCUT2D eigenvalue weighted by Crippen LogP contribution is -2.40. The van der Waals surface area contributed by atoms with Crippen molar-refractivity contribution in [2.24, 2.45) is 0 Å². The predicted octanol–water partition coefficient (Wildman–Crippen LogP) is 2.36. The average molecular weight is 359 g/mol. The van der Waals surface area contributed by atoms with Crippen molar-refractivity contribution in [3.8, 4) is 22.8 Å². The van der Waals surface area contributed by atoms with E-state index in [1.54, 1.807) is 31.1 Å². The van der Waals surface area contributed by atoms with Crippen LogP contribution in [0.2, 0.25) is 0 Å². The van der Waals surface area contributed by atoms with Crippen LogP contribution in [0.4, 0.5) is 0 Å². The molecule has 1 amide bonds. The third kappa shape index (κ3) is 3.87. The number of ether oxygens (including phenoxy) is 2. The van der Waals surface area contributed by atoms with Crippen LogP contribution in [0, 0.1) is 0 Å². The minimum atomic E-state index is -0.703. The first-order valence-corrected chi connectivity index (χ1v) is 8.57. The fourth-order valence-corrected chi connectivity index (χ4v) is 2.74. The van der Waals surface area contributed by atoms with Gasteiger partial charge in [0.25, 0.3) is 5.56 Å². The minimum absolute atomic E-state index is 0.143. The lowest BCUT2D eigenvalue weighted by molar-refractivity contribution is -0.134. The molecule has 26 heavy (non-hydrogen) atoms. The van der Waals surface area contributed by atoms with Crippen LogP contribution in [0.15, 0.2) is 35.1 Å². The van der Waals surface area contributed by atoms with Crippen LogP contribution in [-0.2, 0) is 4.79 Å². The van der Waals surface area contributed by atoms with E-state index >= 15 is 0 Å². The highest BCUT2D eigenvalue weighted by molar-refractivity contribution is 5.80. The SMILES string of the molecule is CCN(CC)C(=O)[C@H](C)n1nc(-c2ccc(OC)cc2)c(OC)cc1=O. The number of benzene rings is 1. The summed E-state index contributed by atoms with van der Waals surface area (Å²) >= 11 is 0. The molecule has 7 nitrogen and oxygen atoms in total. The van der Waals surface area contributed by atoms with Gasteiger partial charge in [-0.1, -0.05) is 0 Å². The maximum absolute atomic E-state index is 12.6. The summed E-state index contributed by atoms with van der Waals surface area (Å²) in [5.74, 6) is 0.931. The third-order valence-electron chi connectivity index (χ3n) is 4.30. The van der Waals surface area contributed by atoms with Gasteiger partial charge in [0.05, 0.1) is 14.2 Å². The topological polar surface area (TPSA) is 73.7 Å². The van der Waals surface area contributed by atoms with Crippen LogP contribution in [-0.4, -0.2) is 47.9 Å². The van der Waals surface area contributed by atoms with E-state index in [0.29, 0.717) is 30.3 Å². The Hall–Kier alpha value is -2.83. The van der Waals surface area contributed by atoms with Crippen LogP contribution in [0.5, 0.6) is 11.5 Å². The molecule has 0 fully saturated rings. The third-order valence-corrected chi connectivity index (χ3v) is 4.30. The highest BCUT2D eigenvalue weighted by Crippen LogP contribution is 2.28. The summed E-state index contributed by atoms with van der Waals surface area (Å²) in [7, 11) is 3.08. The zero-order chi connectivity index (χ0) is 19.3. The Bertz CT molecular complexity index is 811. The first-order valence-electron chi connectivity index (χ1n) is 8.57. The van der Waals surface area contributed by atoms with Gasteiger partial charge in [-0.25, -0.2) is 4.68 Å². The zero-order valence-corrected chi connectivity index (χ0v) is 15.9. The van der Waals surface area contributed by atoms with Crippen molar-refractivity contribution in [3.63, 3.8) is 0 Å². The second-order valence-electron chi connectivity index (χ2n) is 5.76. The van der Waals surface area contributed by atoms with E-state index < -0.39 is 6.04 Å². The molecule has 0 aliphatic carbocycles. The summed E-state index contributed by atoms with van der Waals surface area (Å²) in [5.41, 5.74) is 0.875. The number of rotatable bonds is 7. The second kappa shape index (κ2) is 8.51. The molecule has 2 aromatic rings.